The molecule has 0 saturated heterocycles. The van der Waals surface area contributed by atoms with E-state index in [1.165, 1.54) is 0 Å². The van der Waals surface area contributed by atoms with E-state index in [4.69, 9.17) is 0 Å². The van der Waals surface area contributed by atoms with Crippen molar-refractivity contribution in [1.82, 2.24) is 10.2 Å². The topological polar surface area (TPSA) is 35.6 Å². The van der Waals surface area contributed by atoms with Crippen LogP contribution in [0.2, 0.25) is 0 Å². The second kappa shape index (κ2) is 6.75. The summed E-state index contributed by atoms with van der Waals surface area (Å²) in [6.07, 6.45) is 0. The van der Waals surface area contributed by atoms with Crippen LogP contribution in [0.4, 0.5) is 5.69 Å². The molecular weight excluding hydrogens is 250 g/mol. The maximum Gasteiger partial charge on any atom is 0.236 e. The van der Waals surface area contributed by atoms with Gasteiger partial charge in [-0.2, -0.15) is 0 Å². The highest BCUT2D eigenvalue weighted by Gasteiger charge is 2.14. The number of hydrogen-bond acceptors (Lipinski definition) is 3. The minimum absolute atomic E-state index is 0.0378. The predicted octanol–water partition coefficient (Wildman–Crippen LogP) is 2.10. The van der Waals surface area contributed by atoms with Crippen LogP contribution >= 0.6 is 0 Å². The molecule has 20 heavy (non-hydrogen) atoms. The summed E-state index contributed by atoms with van der Waals surface area (Å²) in [5.74, 6) is 0.108. The van der Waals surface area contributed by atoms with E-state index < -0.39 is 0 Å². The fourth-order valence-corrected chi connectivity index (χ4v) is 1.74. The fraction of sp³-hybridized carbons (Fsp3) is 0.562. The maximum atomic E-state index is 12.0. The molecule has 1 N–H and O–H groups in total. The van der Waals surface area contributed by atoms with Gasteiger partial charge in [-0.25, -0.2) is 0 Å². The summed E-state index contributed by atoms with van der Waals surface area (Å²) in [6, 6.07) is 8.27. The zero-order valence-electron chi connectivity index (χ0n) is 13.5. The van der Waals surface area contributed by atoms with Gasteiger partial charge in [-0.3, -0.25) is 4.79 Å². The van der Waals surface area contributed by atoms with Crippen molar-refractivity contribution in [2.24, 2.45) is 0 Å². The van der Waals surface area contributed by atoms with Crippen molar-refractivity contribution in [3.05, 3.63) is 29.8 Å². The number of nitrogens with zero attached hydrogens (tertiary/aromatic N) is 2. The number of nitrogens with one attached hydrogen (secondary N) is 1. The van der Waals surface area contributed by atoms with Gasteiger partial charge in [-0.15, -0.1) is 0 Å². The molecule has 0 aliphatic heterocycles. The maximum absolute atomic E-state index is 12.0. The van der Waals surface area contributed by atoms with Gasteiger partial charge in [-0.05, 0) is 38.5 Å². The molecule has 4 heteroatoms. The van der Waals surface area contributed by atoms with E-state index in [2.05, 4.69) is 55.3 Å². The van der Waals surface area contributed by atoms with Crippen LogP contribution in [0.1, 0.15) is 26.3 Å². The first kappa shape index (κ1) is 16.5. The first-order valence-electron chi connectivity index (χ1n) is 6.94. The Labute approximate surface area is 122 Å². The molecule has 1 rings (SSSR count). The van der Waals surface area contributed by atoms with E-state index >= 15 is 0 Å². The van der Waals surface area contributed by atoms with Crippen LogP contribution in [0.5, 0.6) is 0 Å². The van der Waals surface area contributed by atoms with Crippen molar-refractivity contribution in [2.45, 2.75) is 32.9 Å². The van der Waals surface area contributed by atoms with Crippen molar-refractivity contribution in [3.63, 3.8) is 0 Å². The van der Waals surface area contributed by atoms with Crippen LogP contribution in [0, 0.1) is 0 Å². The van der Waals surface area contributed by atoms with Gasteiger partial charge < -0.3 is 15.1 Å². The molecular formula is C16H27N3O. The van der Waals surface area contributed by atoms with Gasteiger partial charge in [0.25, 0.3) is 0 Å². The summed E-state index contributed by atoms with van der Waals surface area (Å²) in [5, 5.41) is 3.21. The molecule has 0 heterocycles. The fourth-order valence-electron chi connectivity index (χ4n) is 1.74. The lowest BCUT2D eigenvalue weighted by molar-refractivity contribution is -0.129. The van der Waals surface area contributed by atoms with E-state index in [1.807, 2.05) is 21.1 Å². The Morgan fingerprint density at radius 2 is 1.65 bits per heavy atom. The molecule has 1 aromatic carbocycles. The average molecular weight is 277 g/mol. The number of likely N-dealkylation sites (N-methyl/N-ethyl adjacent to an activating group) is 1. The number of carbonyl (C=O) groups is 1. The molecule has 0 aliphatic rings. The number of anilines is 1. The molecule has 0 radical (unpaired) electrons. The molecule has 1 amide bonds. The highest BCUT2D eigenvalue weighted by atomic mass is 16.2. The van der Waals surface area contributed by atoms with E-state index in [1.54, 1.807) is 4.90 Å². The molecule has 0 unspecified atom stereocenters. The smallest absolute Gasteiger partial charge is 0.236 e. The summed E-state index contributed by atoms with van der Waals surface area (Å²) in [5.41, 5.74) is 2.27. The molecule has 4 nitrogen and oxygen atoms in total. The lowest BCUT2D eigenvalue weighted by atomic mass is 10.1. The molecule has 0 fully saturated rings. The van der Waals surface area contributed by atoms with Crippen molar-refractivity contribution in [2.75, 3.05) is 32.6 Å². The molecule has 0 saturated carbocycles. The molecule has 0 aliphatic carbocycles. The summed E-state index contributed by atoms with van der Waals surface area (Å²) >= 11 is 0. The number of benzene rings is 1. The van der Waals surface area contributed by atoms with Gasteiger partial charge in [0.1, 0.15) is 0 Å². The SMILES string of the molecule is CN(Cc1ccc(N(C)C)cc1)C(=O)CNC(C)(C)C. The van der Waals surface area contributed by atoms with E-state index in [9.17, 15) is 4.79 Å². The molecule has 0 bridgehead atoms. The number of amides is 1. The van der Waals surface area contributed by atoms with Gasteiger partial charge in [0.05, 0.1) is 6.54 Å². The summed E-state index contributed by atoms with van der Waals surface area (Å²) in [4.78, 5) is 15.8. The van der Waals surface area contributed by atoms with E-state index in [0.29, 0.717) is 13.1 Å². The largest absolute Gasteiger partial charge is 0.378 e. The van der Waals surface area contributed by atoms with E-state index in [-0.39, 0.29) is 11.4 Å². The van der Waals surface area contributed by atoms with Crippen LogP contribution < -0.4 is 10.2 Å². The zero-order valence-corrected chi connectivity index (χ0v) is 13.5. The van der Waals surface area contributed by atoms with Crippen LogP contribution in [0.3, 0.4) is 0 Å². The zero-order chi connectivity index (χ0) is 15.3. The lowest BCUT2D eigenvalue weighted by Crippen LogP contribution is -2.43. The van der Waals surface area contributed by atoms with Crippen molar-refractivity contribution < 1.29 is 4.79 Å². The molecule has 0 spiro atoms. The Hall–Kier alpha value is -1.55. The van der Waals surface area contributed by atoms with Crippen LogP contribution in [-0.2, 0) is 11.3 Å². The molecule has 112 valence electrons. The van der Waals surface area contributed by atoms with Gasteiger partial charge in [0, 0.05) is 38.9 Å². The van der Waals surface area contributed by atoms with Crippen LogP contribution in [0.15, 0.2) is 24.3 Å². The highest BCUT2D eigenvalue weighted by molar-refractivity contribution is 5.78. The Morgan fingerprint density at radius 1 is 1.10 bits per heavy atom. The summed E-state index contributed by atoms with van der Waals surface area (Å²) in [6.45, 7) is 7.18. The number of rotatable bonds is 5. The second-order valence-corrected chi connectivity index (χ2v) is 6.41. The molecule has 0 atom stereocenters. The quantitative estimate of drug-likeness (QED) is 0.895. The predicted molar refractivity (Wildman–Crippen MR) is 85.0 cm³/mol. The molecule has 1 aromatic rings. The summed E-state index contributed by atoms with van der Waals surface area (Å²) in [7, 11) is 5.87. The first-order valence-corrected chi connectivity index (χ1v) is 6.94. The van der Waals surface area contributed by atoms with Crippen molar-refractivity contribution >= 4 is 11.6 Å². The Kier molecular flexibility index (Phi) is 5.57. The number of carbonyl (C=O) groups excluding carboxylic acids is 1. The average Bonchev–Trinajstić information content (AvgIpc) is 2.35. The third kappa shape index (κ3) is 5.61. The Morgan fingerprint density at radius 3 is 2.10 bits per heavy atom. The first-order chi connectivity index (χ1) is 9.19. The minimum atomic E-state index is -0.0378. The van der Waals surface area contributed by atoms with Gasteiger partial charge >= 0.3 is 0 Å². The van der Waals surface area contributed by atoms with Crippen molar-refractivity contribution in [3.8, 4) is 0 Å². The normalized spacial score (nSPS) is 11.3. The number of hydrogen-bond donors (Lipinski definition) is 1. The third-order valence-electron chi connectivity index (χ3n) is 3.07. The monoisotopic (exact) mass is 277 g/mol. The van der Waals surface area contributed by atoms with Gasteiger partial charge in [0.15, 0.2) is 0 Å². The third-order valence-corrected chi connectivity index (χ3v) is 3.07. The Balaban J connectivity index is 2.53. The minimum Gasteiger partial charge on any atom is -0.378 e. The lowest BCUT2D eigenvalue weighted by Gasteiger charge is -2.23. The van der Waals surface area contributed by atoms with Crippen molar-refractivity contribution in [1.29, 1.82) is 0 Å². The summed E-state index contributed by atoms with van der Waals surface area (Å²) < 4.78 is 0. The molecule has 0 aromatic heterocycles. The van der Waals surface area contributed by atoms with E-state index in [0.717, 1.165) is 11.3 Å². The van der Waals surface area contributed by atoms with Gasteiger partial charge in [-0.1, -0.05) is 12.1 Å². The second-order valence-electron chi connectivity index (χ2n) is 6.41. The Bertz CT molecular complexity index is 432. The highest BCUT2D eigenvalue weighted by Crippen LogP contribution is 2.13. The standard InChI is InChI=1S/C16H27N3O/c1-16(2,3)17-11-15(20)19(6)12-13-7-9-14(10-8-13)18(4)5/h7-10,17H,11-12H2,1-6H3. The van der Waals surface area contributed by atoms with Gasteiger partial charge in [0.2, 0.25) is 5.91 Å². The van der Waals surface area contributed by atoms with Crippen LogP contribution in [-0.4, -0.2) is 44.0 Å². The van der Waals surface area contributed by atoms with Crippen LogP contribution in [0.25, 0.3) is 0 Å².